The van der Waals surface area contributed by atoms with Crippen LogP contribution < -0.4 is 5.32 Å². The molecule has 0 aromatic rings. The van der Waals surface area contributed by atoms with Gasteiger partial charge in [0.05, 0.1) is 0 Å². The predicted octanol–water partition coefficient (Wildman–Crippen LogP) is 2.70. The lowest BCUT2D eigenvalue weighted by molar-refractivity contribution is -0.132. The van der Waals surface area contributed by atoms with Crippen LogP contribution in [0, 0.1) is 0 Å². The molecule has 0 bridgehead atoms. The number of carbonyl (C=O) groups excluding carboxylic acids is 1. The summed E-state index contributed by atoms with van der Waals surface area (Å²) in [6.07, 6.45) is 10.5. The van der Waals surface area contributed by atoms with Crippen molar-refractivity contribution in [2.75, 3.05) is 13.1 Å². The fourth-order valence-corrected chi connectivity index (χ4v) is 2.83. The van der Waals surface area contributed by atoms with Crippen LogP contribution >= 0.6 is 0 Å². The van der Waals surface area contributed by atoms with E-state index in [9.17, 15) is 4.79 Å². The third-order valence-electron chi connectivity index (χ3n) is 4.13. The van der Waals surface area contributed by atoms with Gasteiger partial charge in [-0.15, -0.1) is 0 Å². The Morgan fingerprint density at radius 2 is 2.06 bits per heavy atom. The number of nitrogens with zero attached hydrogens (tertiary/aromatic N) is 1. The molecular weight excluding hydrogens is 224 g/mol. The third kappa shape index (κ3) is 4.27. The highest BCUT2D eigenvalue weighted by Gasteiger charge is 2.33. The number of piperidine rings is 1. The molecule has 1 atom stereocenters. The van der Waals surface area contributed by atoms with Crippen molar-refractivity contribution < 1.29 is 4.79 Å². The first-order valence-electron chi connectivity index (χ1n) is 7.84. The topological polar surface area (TPSA) is 32.3 Å². The maximum atomic E-state index is 12.3. The Bertz CT molecular complexity index is 257. The molecule has 1 saturated heterocycles. The van der Waals surface area contributed by atoms with E-state index in [1.165, 1.54) is 44.9 Å². The minimum atomic E-state index is 0.401. The lowest BCUT2D eigenvalue weighted by Gasteiger charge is -2.31. The quantitative estimate of drug-likeness (QED) is 0.707. The van der Waals surface area contributed by atoms with E-state index in [2.05, 4.69) is 17.1 Å². The standard InChI is InChI=1S/C15H28N2O/c1-2-3-4-8-15(18)17(14-9-10-14)12-13-7-5-6-11-16-13/h13-14,16H,2-12H2,1H3. The number of nitrogens with one attached hydrogen (secondary N) is 1. The monoisotopic (exact) mass is 252 g/mol. The average molecular weight is 252 g/mol. The zero-order valence-corrected chi connectivity index (χ0v) is 11.8. The first kappa shape index (κ1) is 13.9. The summed E-state index contributed by atoms with van der Waals surface area (Å²) < 4.78 is 0. The highest BCUT2D eigenvalue weighted by molar-refractivity contribution is 5.76. The average Bonchev–Trinajstić information content (AvgIpc) is 3.21. The molecule has 0 aromatic carbocycles. The maximum Gasteiger partial charge on any atom is 0.222 e. The minimum Gasteiger partial charge on any atom is -0.338 e. The molecule has 104 valence electrons. The molecule has 1 amide bonds. The van der Waals surface area contributed by atoms with Crippen LogP contribution in [0.3, 0.4) is 0 Å². The smallest absolute Gasteiger partial charge is 0.222 e. The molecule has 2 rings (SSSR count). The normalized spacial score (nSPS) is 23.9. The molecule has 1 aliphatic carbocycles. The summed E-state index contributed by atoms with van der Waals surface area (Å²) in [5, 5.41) is 3.56. The van der Waals surface area contributed by atoms with Crippen molar-refractivity contribution in [2.24, 2.45) is 0 Å². The van der Waals surface area contributed by atoms with Crippen LogP contribution in [0.1, 0.15) is 64.7 Å². The van der Waals surface area contributed by atoms with Gasteiger partial charge in [-0.1, -0.05) is 26.2 Å². The molecular formula is C15H28N2O. The molecule has 1 saturated carbocycles. The van der Waals surface area contributed by atoms with E-state index in [-0.39, 0.29) is 0 Å². The molecule has 1 aliphatic heterocycles. The van der Waals surface area contributed by atoms with E-state index < -0.39 is 0 Å². The molecule has 1 N–H and O–H groups in total. The first-order chi connectivity index (χ1) is 8.81. The Balaban J connectivity index is 1.77. The summed E-state index contributed by atoms with van der Waals surface area (Å²) in [7, 11) is 0. The Morgan fingerprint density at radius 3 is 2.67 bits per heavy atom. The second-order valence-corrected chi connectivity index (χ2v) is 5.88. The number of rotatable bonds is 7. The zero-order chi connectivity index (χ0) is 12.8. The molecule has 3 nitrogen and oxygen atoms in total. The van der Waals surface area contributed by atoms with Gasteiger partial charge in [0.15, 0.2) is 0 Å². The molecule has 18 heavy (non-hydrogen) atoms. The molecule has 1 heterocycles. The fourth-order valence-electron chi connectivity index (χ4n) is 2.83. The van der Waals surface area contributed by atoms with Crippen molar-refractivity contribution in [1.82, 2.24) is 10.2 Å². The van der Waals surface area contributed by atoms with Gasteiger partial charge in [0.2, 0.25) is 5.91 Å². The van der Waals surface area contributed by atoms with Gasteiger partial charge in [-0.3, -0.25) is 4.79 Å². The van der Waals surface area contributed by atoms with Crippen molar-refractivity contribution in [1.29, 1.82) is 0 Å². The van der Waals surface area contributed by atoms with Gasteiger partial charge in [0.1, 0.15) is 0 Å². The molecule has 2 aliphatic rings. The van der Waals surface area contributed by atoms with Gasteiger partial charge in [0, 0.05) is 25.0 Å². The fraction of sp³-hybridized carbons (Fsp3) is 0.933. The summed E-state index contributed by atoms with van der Waals surface area (Å²) in [6, 6.07) is 1.12. The van der Waals surface area contributed by atoms with Crippen LogP contribution in [0.5, 0.6) is 0 Å². The van der Waals surface area contributed by atoms with Crippen molar-refractivity contribution in [3.63, 3.8) is 0 Å². The number of carbonyl (C=O) groups is 1. The van der Waals surface area contributed by atoms with Crippen LogP contribution in [-0.2, 0) is 4.79 Å². The first-order valence-corrected chi connectivity index (χ1v) is 7.84. The second kappa shape index (κ2) is 7.13. The highest BCUT2D eigenvalue weighted by Crippen LogP contribution is 2.28. The molecule has 3 heteroatoms. The summed E-state index contributed by atoms with van der Waals surface area (Å²) >= 11 is 0. The zero-order valence-electron chi connectivity index (χ0n) is 11.8. The van der Waals surface area contributed by atoms with Crippen LogP contribution in [-0.4, -0.2) is 36.0 Å². The van der Waals surface area contributed by atoms with Gasteiger partial charge in [-0.2, -0.15) is 0 Å². The summed E-state index contributed by atoms with van der Waals surface area (Å²) in [5.74, 6) is 0.401. The van der Waals surface area contributed by atoms with Crippen LogP contribution in [0.2, 0.25) is 0 Å². The van der Waals surface area contributed by atoms with Gasteiger partial charge < -0.3 is 10.2 Å². The molecule has 0 radical (unpaired) electrons. The molecule has 0 spiro atoms. The van der Waals surface area contributed by atoms with Crippen molar-refractivity contribution >= 4 is 5.91 Å². The molecule has 2 fully saturated rings. The molecule has 0 aromatic heterocycles. The maximum absolute atomic E-state index is 12.3. The van der Waals surface area contributed by atoms with E-state index in [1.807, 2.05) is 0 Å². The minimum absolute atomic E-state index is 0.401. The van der Waals surface area contributed by atoms with Gasteiger partial charge in [-0.05, 0) is 38.6 Å². The largest absolute Gasteiger partial charge is 0.338 e. The Morgan fingerprint density at radius 1 is 1.22 bits per heavy atom. The van der Waals surface area contributed by atoms with Crippen molar-refractivity contribution in [3.05, 3.63) is 0 Å². The Hall–Kier alpha value is -0.570. The Kier molecular flexibility index (Phi) is 5.48. The summed E-state index contributed by atoms with van der Waals surface area (Å²) in [6.45, 7) is 4.28. The van der Waals surface area contributed by atoms with E-state index >= 15 is 0 Å². The number of hydrogen-bond acceptors (Lipinski definition) is 2. The van der Waals surface area contributed by atoms with Gasteiger partial charge >= 0.3 is 0 Å². The van der Waals surface area contributed by atoms with Crippen molar-refractivity contribution in [3.8, 4) is 0 Å². The predicted molar refractivity (Wildman–Crippen MR) is 74.5 cm³/mol. The van der Waals surface area contributed by atoms with E-state index in [0.29, 0.717) is 18.0 Å². The number of hydrogen-bond donors (Lipinski definition) is 1. The van der Waals surface area contributed by atoms with Crippen molar-refractivity contribution in [2.45, 2.75) is 76.8 Å². The highest BCUT2D eigenvalue weighted by atomic mass is 16.2. The van der Waals surface area contributed by atoms with Crippen LogP contribution in [0.15, 0.2) is 0 Å². The summed E-state index contributed by atoms with van der Waals surface area (Å²) in [5.41, 5.74) is 0. The van der Waals surface area contributed by atoms with E-state index in [0.717, 1.165) is 25.9 Å². The van der Waals surface area contributed by atoms with Gasteiger partial charge in [-0.25, -0.2) is 0 Å². The van der Waals surface area contributed by atoms with Crippen LogP contribution in [0.25, 0.3) is 0 Å². The lowest BCUT2D eigenvalue weighted by atomic mass is 10.0. The van der Waals surface area contributed by atoms with E-state index in [1.54, 1.807) is 0 Å². The number of unbranched alkanes of at least 4 members (excludes halogenated alkanes) is 2. The molecule has 1 unspecified atom stereocenters. The third-order valence-corrected chi connectivity index (χ3v) is 4.13. The lowest BCUT2D eigenvalue weighted by Crippen LogP contribution is -2.46. The van der Waals surface area contributed by atoms with Crippen LogP contribution in [0.4, 0.5) is 0 Å². The Labute approximate surface area is 111 Å². The summed E-state index contributed by atoms with van der Waals surface area (Å²) in [4.78, 5) is 14.5. The number of amides is 1. The van der Waals surface area contributed by atoms with Gasteiger partial charge in [0.25, 0.3) is 0 Å². The second-order valence-electron chi connectivity index (χ2n) is 5.88. The van der Waals surface area contributed by atoms with E-state index in [4.69, 9.17) is 0 Å². The SMILES string of the molecule is CCCCCC(=O)N(CC1CCCCN1)C1CC1.